The summed E-state index contributed by atoms with van der Waals surface area (Å²) in [7, 11) is 1.37. The maximum atomic E-state index is 14.7. The Morgan fingerprint density at radius 3 is 2.40 bits per heavy atom. The molecule has 35 heavy (non-hydrogen) atoms. The van der Waals surface area contributed by atoms with Crippen molar-refractivity contribution in [2.75, 3.05) is 48.9 Å². The van der Waals surface area contributed by atoms with Crippen molar-refractivity contribution in [2.45, 2.75) is 12.1 Å². The van der Waals surface area contributed by atoms with E-state index in [2.05, 4.69) is 20.6 Å². The van der Waals surface area contributed by atoms with E-state index in [1.165, 1.54) is 19.2 Å². The van der Waals surface area contributed by atoms with Crippen molar-refractivity contribution in [1.82, 2.24) is 9.97 Å². The Labute approximate surface area is 199 Å². The molecule has 0 amide bonds. The van der Waals surface area contributed by atoms with Crippen LogP contribution >= 0.6 is 0 Å². The number of morpholine rings is 1. The average Bonchev–Trinajstić information content (AvgIpc) is 3.30. The molecule has 3 heterocycles. The van der Waals surface area contributed by atoms with Crippen LogP contribution in [0.4, 0.5) is 26.0 Å². The van der Waals surface area contributed by atoms with Crippen LogP contribution in [-0.2, 0) is 10.4 Å². The highest BCUT2D eigenvalue weighted by atomic mass is 19.3. The number of alkyl halides is 2. The molecule has 0 radical (unpaired) electrons. The Hall–Kier alpha value is -3.99. The summed E-state index contributed by atoms with van der Waals surface area (Å²) in [5, 5.41) is 15.2. The van der Waals surface area contributed by atoms with Gasteiger partial charge in [-0.1, -0.05) is 18.2 Å². The average molecular weight is 483 g/mol. The van der Waals surface area contributed by atoms with E-state index in [4.69, 9.17) is 9.47 Å². The number of hydrogen-bond donors (Lipinski definition) is 3. The van der Waals surface area contributed by atoms with E-state index >= 15 is 0 Å². The number of nitrogens with zero attached hydrogens (tertiary/aromatic N) is 3. The van der Waals surface area contributed by atoms with Gasteiger partial charge in [0.05, 0.1) is 37.4 Å². The van der Waals surface area contributed by atoms with Crippen LogP contribution in [0.1, 0.15) is 16.2 Å². The Kier molecular flexibility index (Phi) is 5.85. The van der Waals surface area contributed by atoms with Crippen LogP contribution in [0, 0.1) is 0 Å². The molecule has 0 atom stereocenters. The van der Waals surface area contributed by atoms with Crippen molar-refractivity contribution in [1.29, 1.82) is 0 Å². The van der Waals surface area contributed by atoms with Gasteiger partial charge in [-0.05, 0) is 24.3 Å². The smallest absolute Gasteiger partial charge is 0.339 e. The first-order chi connectivity index (χ1) is 16.9. The fourth-order valence-corrected chi connectivity index (χ4v) is 4.22. The lowest BCUT2D eigenvalue weighted by molar-refractivity contribution is 0.0693. The maximum Gasteiger partial charge on any atom is 0.339 e. The molecule has 3 aromatic rings. The van der Waals surface area contributed by atoms with E-state index in [0.717, 1.165) is 0 Å². The number of carboxylic acid groups (broad SMARTS) is 1. The van der Waals surface area contributed by atoms with E-state index in [1.54, 1.807) is 36.4 Å². The molecule has 0 spiro atoms. The third-order valence-electron chi connectivity index (χ3n) is 6.05. The number of carboxylic acids is 1. The van der Waals surface area contributed by atoms with Crippen LogP contribution < -0.4 is 20.3 Å². The molecule has 5 rings (SSSR count). The number of benzene rings is 2. The lowest BCUT2D eigenvalue weighted by Gasteiger charge is -2.32. The minimum Gasteiger partial charge on any atom is -0.496 e. The largest absolute Gasteiger partial charge is 0.496 e. The van der Waals surface area contributed by atoms with Gasteiger partial charge in [-0.25, -0.2) is 23.5 Å². The summed E-state index contributed by atoms with van der Waals surface area (Å²) in [5.74, 6) is -0.672. The molecule has 2 aromatic carbocycles. The van der Waals surface area contributed by atoms with Gasteiger partial charge in [-0.15, -0.1) is 0 Å². The van der Waals surface area contributed by atoms with Gasteiger partial charge >= 0.3 is 5.97 Å². The first-order valence-electron chi connectivity index (χ1n) is 11.0. The van der Waals surface area contributed by atoms with Crippen LogP contribution in [0.3, 0.4) is 0 Å². The number of carbonyl (C=O) groups is 1. The maximum absolute atomic E-state index is 14.7. The Balaban J connectivity index is 1.66. The van der Waals surface area contributed by atoms with Gasteiger partial charge < -0.3 is 30.1 Å². The van der Waals surface area contributed by atoms with Crippen molar-refractivity contribution in [3.05, 3.63) is 59.9 Å². The lowest BCUT2D eigenvalue weighted by Crippen LogP contribution is -2.48. The minimum atomic E-state index is -2.90. The molecule has 0 saturated carbocycles. The predicted octanol–water partition coefficient (Wildman–Crippen LogP) is 3.64. The summed E-state index contributed by atoms with van der Waals surface area (Å²) in [5.41, 5.74) is -0.176. The van der Waals surface area contributed by atoms with Crippen molar-refractivity contribution >= 4 is 23.2 Å². The molecule has 1 fully saturated rings. The number of aromatic carboxylic acids is 1. The molecule has 3 N–H and O–H groups in total. The highest BCUT2D eigenvalue weighted by Crippen LogP contribution is 2.42. The summed E-state index contributed by atoms with van der Waals surface area (Å²) < 4.78 is 40.1. The number of rotatable bonds is 6. The Morgan fingerprint density at radius 1 is 1.11 bits per heavy atom. The topological polar surface area (TPSA) is 109 Å². The normalized spacial score (nSPS) is 16.4. The zero-order chi connectivity index (χ0) is 24.6. The second-order valence-corrected chi connectivity index (χ2v) is 8.16. The third kappa shape index (κ3) is 4.08. The number of para-hydroxylation sites is 2. The Bertz CT molecular complexity index is 1240. The van der Waals surface area contributed by atoms with Crippen LogP contribution in [-0.4, -0.2) is 60.9 Å². The van der Waals surface area contributed by atoms with E-state index in [0.29, 0.717) is 54.8 Å². The standard InChI is InChI=1S/C24H23F2N5O4/c1-34-19-12-14(6-7-15(19)21(32)33)18-13-20(31-8-10-35-11-9-31)28-23(27-18)24(22(25)26)29-16-4-2-3-5-17(16)30-24/h2-7,12-13,22,29-30H,8-11H2,1H3,(H,32,33). The molecule has 1 aromatic heterocycles. The monoisotopic (exact) mass is 483 g/mol. The molecule has 0 bridgehead atoms. The second kappa shape index (κ2) is 8.99. The summed E-state index contributed by atoms with van der Waals surface area (Å²) >= 11 is 0. The SMILES string of the molecule is COc1cc(-c2cc(N3CCOCC3)nc(C3(C(F)F)Nc4ccccc4N3)n2)ccc1C(=O)O. The number of nitrogens with one attached hydrogen (secondary N) is 2. The first kappa shape index (κ1) is 22.8. The fraction of sp³-hybridized carbons (Fsp3) is 0.292. The zero-order valence-electron chi connectivity index (χ0n) is 18.8. The van der Waals surface area contributed by atoms with Crippen molar-refractivity contribution in [2.24, 2.45) is 0 Å². The Morgan fingerprint density at radius 2 is 1.80 bits per heavy atom. The number of aromatic nitrogens is 2. The number of anilines is 3. The van der Waals surface area contributed by atoms with Gasteiger partial charge in [0.1, 0.15) is 17.1 Å². The molecule has 0 unspecified atom stereocenters. The van der Waals surface area contributed by atoms with E-state index in [9.17, 15) is 18.7 Å². The molecular formula is C24H23F2N5O4. The summed E-state index contributed by atoms with van der Waals surface area (Å²) in [6.07, 6.45) is -2.90. The molecule has 9 nitrogen and oxygen atoms in total. The van der Waals surface area contributed by atoms with Gasteiger partial charge in [0.15, 0.2) is 5.82 Å². The van der Waals surface area contributed by atoms with Crippen LogP contribution in [0.15, 0.2) is 48.5 Å². The zero-order valence-corrected chi connectivity index (χ0v) is 18.8. The van der Waals surface area contributed by atoms with Crippen molar-refractivity contribution in [3.63, 3.8) is 0 Å². The second-order valence-electron chi connectivity index (χ2n) is 8.16. The van der Waals surface area contributed by atoms with Crippen LogP contribution in [0.5, 0.6) is 5.75 Å². The van der Waals surface area contributed by atoms with E-state index in [1.807, 2.05) is 4.90 Å². The number of hydrogen-bond acceptors (Lipinski definition) is 8. The number of fused-ring (bicyclic) bond motifs is 1. The van der Waals surface area contributed by atoms with Crippen LogP contribution in [0.2, 0.25) is 0 Å². The minimum absolute atomic E-state index is 0.0161. The molecule has 1 saturated heterocycles. The molecule has 182 valence electrons. The highest BCUT2D eigenvalue weighted by molar-refractivity contribution is 5.92. The molecular weight excluding hydrogens is 460 g/mol. The van der Waals surface area contributed by atoms with Gasteiger partial charge in [0, 0.05) is 24.7 Å². The van der Waals surface area contributed by atoms with Gasteiger partial charge in [-0.2, -0.15) is 0 Å². The lowest BCUT2D eigenvalue weighted by atomic mass is 10.1. The predicted molar refractivity (Wildman–Crippen MR) is 125 cm³/mol. The van der Waals surface area contributed by atoms with Crippen molar-refractivity contribution < 1.29 is 28.2 Å². The van der Waals surface area contributed by atoms with Gasteiger partial charge in [0.2, 0.25) is 5.66 Å². The van der Waals surface area contributed by atoms with E-state index < -0.39 is 18.1 Å². The van der Waals surface area contributed by atoms with Crippen molar-refractivity contribution in [3.8, 4) is 17.0 Å². The van der Waals surface area contributed by atoms with Gasteiger partial charge in [0.25, 0.3) is 6.43 Å². The fourth-order valence-electron chi connectivity index (χ4n) is 4.22. The number of halogens is 2. The quantitative estimate of drug-likeness (QED) is 0.484. The van der Waals surface area contributed by atoms with E-state index in [-0.39, 0.29) is 17.1 Å². The molecule has 0 aliphatic carbocycles. The number of methoxy groups -OCH3 is 1. The summed E-state index contributed by atoms with van der Waals surface area (Å²) in [6, 6.07) is 13.1. The number of ether oxygens (including phenoxy) is 2. The van der Waals surface area contributed by atoms with Crippen LogP contribution in [0.25, 0.3) is 11.3 Å². The highest BCUT2D eigenvalue weighted by Gasteiger charge is 2.49. The van der Waals surface area contributed by atoms with Gasteiger partial charge in [-0.3, -0.25) is 0 Å². The summed E-state index contributed by atoms with van der Waals surface area (Å²) in [4.78, 5) is 22.6. The molecule has 2 aliphatic rings. The third-order valence-corrected chi connectivity index (χ3v) is 6.05. The summed E-state index contributed by atoms with van der Waals surface area (Å²) in [6.45, 7) is 2.05. The molecule has 11 heteroatoms. The first-order valence-corrected chi connectivity index (χ1v) is 11.0. The molecule has 2 aliphatic heterocycles.